The number of carbonyl (C=O) groups excluding carboxylic acids is 1. The molecule has 0 saturated heterocycles. The highest BCUT2D eigenvalue weighted by Gasteiger charge is 2.07. The van der Waals surface area contributed by atoms with Crippen LogP contribution in [-0.4, -0.2) is 23.2 Å². The van der Waals surface area contributed by atoms with Gasteiger partial charge in [-0.05, 0) is 12.1 Å². The monoisotopic (exact) mass is 190 g/mol. The summed E-state index contributed by atoms with van der Waals surface area (Å²) in [7, 11) is 3.41. The molecule has 2 rings (SSSR count). The van der Waals surface area contributed by atoms with E-state index in [2.05, 4.69) is 5.10 Å². The molecule has 4 nitrogen and oxygen atoms in total. The molecule has 0 bridgehead atoms. The zero-order valence-electron chi connectivity index (χ0n) is 8.02. The van der Waals surface area contributed by atoms with Crippen molar-refractivity contribution < 1.29 is 9.53 Å². The molecule has 0 atom stereocenters. The first-order chi connectivity index (χ1) is 6.76. The van der Waals surface area contributed by atoms with Crippen molar-refractivity contribution in [2.45, 2.75) is 0 Å². The Morgan fingerprint density at radius 3 is 2.93 bits per heavy atom. The van der Waals surface area contributed by atoms with Crippen LogP contribution in [0.15, 0.2) is 18.2 Å². The first-order valence-electron chi connectivity index (χ1n) is 4.22. The highest BCUT2D eigenvalue weighted by molar-refractivity contribution is 5.95. The van der Waals surface area contributed by atoms with Gasteiger partial charge >= 0.3 is 0 Å². The Balaban J connectivity index is 2.76. The van der Waals surface area contributed by atoms with Gasteiger partial charge in [0.15, 0.2) is 6.29 Å². The summed E-state index contributed by atoms with van der Waals surface area (Å²) in [5.41, 5.74) is 1.36. The van der Waals surface area contributed by atoms with Crippen molar-refractivity contribution in [2.24, 2.45) is 7.05 Å². The highest BCUT2D eigenvalue weighted by atomic mass is 16.5. The third-order valence-corrected chi connectivity index (χ3v) is 2.20. The number of methoxy groups -OCH3 is 1. The van der Waals surface area contributed by atoms with Gasteiger partial charge in [0, 0.05) is 18.5 Å². The van der Waals surface area contributed by atoms with Crippen LogP contribution in [0.1, 0.15) is 10.5 Å². The van der Waals surface area contributed by atoms with Crippen LogP contribution in [0.5, 0.6) is 5.75 Å². The summed E-state index contributed by atoms with van der Waals surface area (Å²) in [6, 6.07) is 5.51. The number of rotatable bonds is 2. The van der Waals surface area contributed by atoms with Crippen molar-refractivity contribution in [3.8, 4) is 5.75 Å². The van der Waals surface area contributed by atoms with Crippen LogP contribution in [0.25, 0.3) is 10.9 Å². The molecule has 0 spiro atoms. The predicted octanol–water partition coefficient (Wildman–Crippen LogP) is 1.39. The van der Waals surface area contributed by atoms with E-state index in [1.807, 2.05) is 18.2 Å². The van der Waals surface area contributed by atoms with Crippen LogP contribution in [0.4, 0.5) is 0 Å². The number of hydrogen-bond donors (Lipinski definition) is 0. The fraction of sp³-hybridized carbons (Fsp3) is 0.200. The van der Waals surface area contributed by atoms with E-state index in [-0.39, 0.29) is 0 Å². The minimum Gasteiger partial charge on any atom is -0.497 e. The van der Waals surface area contributed by atoms with Crippen molar-refractivity contribution >= 4 is 17.2 Å². The molecule has 4 heteroatoms. The molecule has 2 aromatic rings. The third kappa shape index (κ3) is 1.16. The number of aldehydes is 1. The summed E-state index contributed by atoms with van der Waals surface area (Å²) in [6.45, 7) is 0. The quantitative estimate of drug-likeness (QED) is 0.672. The van der Waals surface area contributed by atoms with E-state index in [4.69, 9.17) is 4.74 Å². The molecule has 0 saturated carbocycles. The molecule has 0 radical (unpaired) electrons. The summed E-state index contributed by atoms with van der Waals surface area (Å²) in [6.07, 6.45) is 0.759. The molecule has 1 aromatic carbocycles. The highest BCUT2D eigenvalue weighted by Crippen LogP contribution is 2.22. The van der Waals surface area contributed by atoms with Gasteiger partial charge < -0.3 is 4.74 Å². The van der Waals surface area contributed by atoms with E-state index in [9.17, 15) is 4.79 Å². The van der Waals surface area contributed by atoms with Gasteiger partial charge in [-0.15, -0.1) is 0 Å². The van der Waals surface area contributed by atoms with Gasteiger partial charge in [-0.1, -0.05) is 0 Å². The molecule has 0 aliphatic rings. The SMILES string of the molecule is COc1ccc2c(C=O)nn(C)c2c1. The van der Waals surface area contributed by atoms with Gasteiger partial charge in [-0.2, -0.15) is 5.10 Å². The van der Waals surface area contributed by atoms with Crippen molar-refractivity contribution in [1.29, 1.82) is 0 Å². The van der Waals surface area contributed by atoms with E-state index < -0.39 is 0 Å². The van der Waals surface area contributed by atoms with Crippen LogP contribution in [0.2, 0.25) is 0 Å². The summed E-state index contributed by atoms with van der Waals surface area (Å²) < 4.78 is 6.76. The van der Waals surface area contributed by atoms with Crippen LogP contribution >= 0.6 is 0 Å². The van der Waals surface area contributed by atoms with E-state index >= 15 is 0 Å². The number of benzene rings is 1. The van der Waals surface area contributed by atoms with E-state index in [1.54, 1.807) is 18.8 Å². The molecule has 0 unspecified atom stereocenters. The average Bonchev–Trinajstić information content (AvgIpc) is 2.55. The summed E-state index contributed by atoms with van der Waals surface area (Å²) in [5.74, 6) is 0.762. The summed E-state index contributed by atoms with van der Waals surface area (Å²) in [5, 5.41) is 4.93. The predicted molar refractivity (Wildman–Crippen MR) is 52.7 cm³/mol. The Bertz CT molecular complexity index is 488. The van der Waals surface area contributed by atoms with Crippen molar-refractivity contribution in [2.75, 3.05) is 7.11 Å². The Hall–Kier alpha value is -1.84. The lowest BCUT2D eigenvalue weighted by atomic mass is 10.2. The van der Waals surface area contributed by atoms with Gasteiger partial charge in [0.05, 0.1) is 12.6 Å². The number of nitrogens with zero attached hydrogens (tertiary/aromatic N) is 2. The fourth-order valence-corrected chi connectivity index (χ4v) is 1.48. The molecule has 14 heavy (non-hydrogen) atoms. The smallest absolute Gasteiger partial charge is 0.170 e. The van der Waals surface area contributed by atoms with Crippen molar-refractivity contribution in [1.82, 2.24) is 9.78 Å². The molecule has 1 heterocycles. The molecular formula is C10H10N2O2. The largest absolute Gasteiger partial charge is 0.497 e. The fourth-order valence-electron chi connectivity index (χ4n) is 1.48. The standard InChI is InChI=1S/C10H10N2O2/c1-12-10-5-7(14-2)3-4-8(10)9(6-13)11-12/h3-6H,1-2H3. The second-order valence-corrected chi connectivity index (χ2v) is 3.01. The Morgan fingerprint density at radius 1 is 1.50 bits per heavy atom. The second-order valence-electron chi connectivity index (χ2n) is 3.01. The van der Waals surface area contributed by atoms with Gasteiger partial charge in [-0.3, -0.25) is 9.48 Å². The van der Waals surface area contributed by atoms with Gasteiger partial charge in [0.2, 0.25) is 0 Å². The normalized spacial score (nSPS) is 10.4. The zero-order valence-corrected chi connectivity index (χ0v) is 8.02. The third-order valence-electron chi connectivity index (χ3n) is 2.20. The minimum atomic E-state index is 0.463. The Labute approximate surface area is 81.1 Å². The second kappa shape index (κ2) is 3.14. The maximum atomic E-state index is 10.7. The lowest BCUT2D eigenvalue weighted by molar-refractivity contribution is 0.111. The molecule has 1 aromatic heterocycles. The summed E-state index contributed by atoms with van der Waals surface area (Å²) >= 11 is 0. The van der Waals surface area contributed by atoms with E-state index in [0.29, 0.717) is 5.69 Å². The lowest BCUT2D eigenvalue weighted by Crippen LogP contribution is -1.90. The number of fused-ring (bicyclic) bond motifs is 1. The summed E-state index contributed by atoms with van der Waals surface area (Å²) in [4.78, 5) is 10.7. The molecule has 0 amide bonds. The van der Waals surface area contributed by atoms with Crippen LogP contribution < -0.4 is 4.74 Å². The number of hydrogen-bond acceptors (Lipinski definition) is 3. The number of ether oxygens (including phenoxy) is 1. The molecule has 0 N–H and O–H groups in total. The first-order valence-corrected chi connectivity index (χ1v) is 4.22. The number of aryl methyl sites for hydroxylation is 1. The van der Waals surface area contributed by atoms with Crippen LogP contribution in [0.3, 0.4) is 0 Å². The average molecular weight is 190 g/mol. The van der Waals surface area contributed by atoms with E-state index in [1.165, 1.54) is 0 Å². The van der Waals surface area contributed by atoms with E-state index in [0.717, 1.165) is 22.9 Å². The topological polar surface area (TPSA) is 44.1 Å². The molecule has 0 aliphatic carbocycles. The van der Waals surface area contributed by atoms with Crippen molar-refractivity contribution in [3.05, 3.63) is 23.9 Å². The maximum absolute atomic E-state index is 10.7. The van der Waals surface area contributed by atoms with Crippen LogP contribution in [-0.2, 0) is 7.05 Å². The van der Waals surface area contributed by atoms with Gasteiger partial charge in [0.25, 0.3) is 0 Å². The van der Waals surface area contributed by atoms with Gasteiger partial charge in [0.1, 0.15) is 11.4 Å². The maximum Gasteiger partial charge on any atom is 0.170 e. The zero-order chi connectivity index (χ0) is 10.1. The molecule has 72 valence electrons. The number of aromatic nitrogens is 2. The Morgan fingerprint density at radius 2 is 2.29 bits per heavy atom. The molecule has 0 aliphatic heterocycles. The van der Waals surface area contributed by atoms with Crippen molar-refractivity contribution in [3.63, 3.8) is 0 Å². The lowest BCUT2D eigenvalue weighted by Gasteiger charge is -1.99. The molecular weight excluding hydrogens is 180 g/mol. The van der Waals surface area contributed by atoms with Crippen LogP contribution in [0, 0.1) is 0 Å². The minimum absolute atomic E-state index is 0.463. The first kappa shape index (κ1) is 8.74. The van der Waals surface area contributed by atoms with Gasteiger partial charge in [-0.25, -0.2) is 0 Å². The Kier molecular flexibility index (Phi) is 1.96. The number of carbonyl (C=O) groups is 1. The molecule has 0 fully saturated rings.